The molecule has 1 amide bonds. The van der Waals surface area contributed by atoms with Crippen LogP contribution in [0.1, 0.15) is 28.8 Å². The monoisotopic (exact) mass is 401 g/mol. The van der Waals surface area contributed by atoms with Crippen molar-refractivity contribution in [1.29, 1.82) is 0 Å². The Morgan fingerprint density at radius 1 is 1.00 bits per heavy atom. The second-order valence-electron chi connectivity index (χ2n) is 7.86. The average molecular weight is 401 g/mol. The fraction of sp³-hybridized carbons (Fsp3) is 0.261. The first-order chi connectivity index (χ1) is 14.5. The van der Waals surface area contributed by atoms with Gasteiger partial charge in [-0.2, -0.15) is 0 Å². The zero-order valence-electron chi connectivity index (χ0n) is 16.8. The number of carbonyl (C=O) groups is 1. The summed E-state index contributed by atoms with van der Waals surface area (Å²) in [4.78, 5) is 15.0. The van der Waals surface area contributed by atoms with Gasteiger partial charge in [0.05, 0.1) is 16.9 Å². The number of carbonyl (C=O) groups excluding carboxylic acids is 1. The zero-order valence-corrected chi connectivity index (χ0v) is 16.8. The molecule has 4 heterocycles. The summed E-state index contributed by atoms with van der Waals surface area (Å²) < 4.78 is 3.83. The largest absolute Gasteiger partial charge is 0.385 e. The molecule has 7 heteroatoms. The van der Waals surface area contributed by atoms with Crippen molar-refractivity contribution in [1.82, 2.24) is 24.1 Å². The van der Waals surface area contributed by atoms with Crippen LogP contribution in [0.2, 0.25) is 0 Å². The number of benzene rings is 1. The van der Waals surface area contributed by atoms with E-state index < -0.39 is 5.60 Å². The Bertz CT molecular complexity index is 1200. The zero-order chi connectivity index (χ0) is 20.7. The van der Waals surface area contributed by atoms with Crippen LogP contribution in [0.5, 0.6) is 0 Å². The van der Waals surface area contributed by atoms with Crippen LogP contribution in [0.4, 0.5) is 0 Å². The number of pyridine rings is 1. The Kier molecular flexibility index (Phi) is 4.40. The molecule has 0 radical (unpaired) electrons. The molecule has 152 valence electrons. The number of likely N-dealkylation sites (tertiary alicyclic amines) is 1. The summed E-state index contributed by atoms with van der Waals surface area (Å²) >= 11 is 0. The minimum Gasteiger partial charge on any atom is -0.385 e. The van der Waals surface area contributed by atoms with E-state index in [0.717, 1.165) is 11.3 Å². The van der Waals surface area contributed by atoms with Crippen LogP contribution in [-0.4, -0.2) is 48.2 Å². The topological polar surface area (TPSA) is 75.7 Å². The van der Waals surface area contributed by atoms with Crippen LogP contribution in [0.3, 0.4) is 0 Å². The maximum atomic E-state index is 13.2. The molecule has 30 heavy (non-hydrogen) atoms. The molecule has 0 aliphatic carbocycles. The molecule has 1 saturated heterocycles. The summed E-state index contributed by atoms with van der Waals surface area (Å²) in [7, 11) is 1.95. The van der Waals surface area contributed by atoms with Gasteiger partial charge in [0.2, 0.25) is 0 Å². The fourth-order valence-corrected chi connectivity index (χ4v) is 4.18. The molecule has 1 aliphatic heterocycles. The van der Waals surface area contributed by atoms with Crippen LogP contribution < -0.4 is 0 Å². The van der Waals surface area contributed by atoms with E-state index in [1.54, 1.807) is 12.3 Å². The number of fused-ring (bicyclic) bond motifs is 1. The smallest absolute Gasteiger partial charge is 0.255 e. The van der Waals surface area contributed by atoms with Gasteiger partial charge in [0.25, 0.3) is 5.91 Å². The lowest BCUT2D eigenvalue weighted by atomic mass is 9.84. The van der Waals surface area contributed by atoms with Crippen molar-refractivity contribution in [3.8, 4) is 11.5 Å². The lowest BCUT2D eigenvalue weighted by molar-refractivity contribution is -0.0211. The highest BCUT2D eigenvalue weighted by molar-refractivity contribution is 5.94. The minimum atomic E-state index is -0.879. The van der Waals surface area contributed by atoms with E-state index in [1.807, 2.05) is 75.6 Å². The van der Waals surface area contributed by atoms with Gasteiger partial charge in [0.1, 0.15) is 0 Å². The molecule has 1 fully saturated rings. The van der Waals surface area contributed by atoms with Gasteiger partial charge < -0.3 is 14.6 Å². The molecular weight excluding hydrogens is 378 g/mol. The van der Waals surface area contributed by atoms with Gasteiger partial charge in [0, 0.05) is 32.5 Å². The van der Waals surface area contributed by atoms with Crippen LogP contribution in [-0.2, 0) is 12.6 Å². The number of nitrogens with zero attached hydrogens (tertiary/aromatic N) is 5. The van der Waals surface area contributed by atoms with Crippen LogP contribution >= 0.6 is 0 Å². The maximum Gasteiger partial charge on any atom is 0.255 e. The SMILES string of the molecule is Cn1cccc1-c1nnc2ccc(C(=O)N3CCC(O)(c4ccccc4)CC3)cn12. The standard InChI is InChI=1S/C23H23N5O2/c1-26-13-5-8-19(26)21-25-24-20-10-9-17(16-28(20)21)22(29)27-14-11-23(30,12-15-27)18-6-3-2-4-7-18/h2-10,13,16,30H,11-12,14-15H2,1H3. The minimum absolute atomic E-state index is 0.0430. The van der Waals surface area contributed by atoms with E-state index in [-0.39, 0.29) is 5.91 Å². The van der Waals surface area contributed by atoms with E-state index in [4.69, 9.17) is 0 Å². The third-order valence-electron chi connectivity index (χ3n) is 6.01. The molecule has 4 aromatic rings. The summed E-state index contributed by atoms with van der Waals surface area (Å²) in [5.74, 6) is 0.655. The average Bonchev–Trinajstić information content (AvgIpc) is 3.39. The summed E-state index contributed by atoms with van der Waals surface area (Å²) in [5, 5.41) is 19.6. The predicted octanol–water partition coefficient (Wildman–Crippen LogP) is 2.86. The quantitative estimate of drug-likeness (QED) is 0.573. The van der Waals surface area contributed by atoms with Crippen molar-refractivity contribution in [3.05, 3.63) is 78.1 Å². The Morgan fingerprint density at radius 2 is 1.77 bits per heavy atom. The third kappa shape index (κ3) is 3.07. The van der Waals surface area contributed by atoms with E-state index in [0.29, 0.717) is 43.0 Å². The first-order valence-electron chi connectivity index (χ1n) is 10.1. The Labute approximate surface area is 174 Å². The second-order valence-corrected chi connectivity index (χ2v) is 7.86. The summed E-state index contributed by atoms with van der Waals surface area (Å²) in [6.45, 7) is 1.02. The van der Waals surface area contributed by atoms with Gasteiger partial charge in [-0.1, -0.05) is 30.3 Å². The maximum absolute atomic E-state index is 13.2. The number of amides is 1. The van der Waals surface area contributed by atoms with E-state index in [9.17, 15) is 9.90 Å². The molecule has 3 aromatic heterocycles. The summed E-state index contributed by atoms with van der Waals surface area (Å²) in [6, 6.07) is 17.2. The van der Waals surface area contributed by atoms with Crippen molar-refractivity contribution in [2.45, 2.75) is 18.4 Å². The molecule has 0 spiro atoms. The molecule has 7 nitrogen and oxygen atoms in total. The Hall–Kier alpha value is -3.45. The summed E-state index contributed by atoms with van der Waals surface area (Å²) in [6.07, 6.45) is 4.80. The van der Waals surface area contributed by atoms with Crippen molar-refractivity contribution < 1.29 is 9.90 Å². The van der Waals surface area contributed by atoms with Gasteiger partial charge in [-0.25, -0.2) is 0 Å². The summed E-state index contributed by atoms with van der Waals surface area (Å²) in [5.41, 5.74) is 2.24. The number of aromatic nitrogens is 4. The highest BCUT2D eigenvalue weighted by atomic mass is 16.3. The first-order valence-corrected chi connectivity index (χ1v) is 10.1. The highest BCUT2D eigenvalue weighted by Crippen LogP contribution is 2.33. The van der Waals surface area contributed by atoms with Gasteiger partial charge in [-0.15, -0.1) is 10.2 Å². The molecule has 0 saturated carbocycles. The number of hydrogen-bond donors (Lipinski definition) is 1. The van der Waals surface area contributed by atoms with E-state index >= 15 is 0 Å². The highest BCUT2D eigenvalue weighted by Gasteiger charge is 2.35. The molecule has 1 N–H and O–H groups in total. The molecule has 0 unspecified atom stereocenters. The Morgan fingerprint density at radius 3 is 2.47 bits per heavy atom. The van der Waals surface area contributed by atoms with Crippen LogP contribution in [0.15, 0.2) is 67.0 Å². The molecule has 5 rings (SSSR count). The molecule has 0 bridgehead atoms. The molecule has 1 aromatic carbocycles. The lowest BCUT2D eigenvalue weighted by Gasteiger charge is -2.38. The van der Waals surface area contributed by atoms with E-state index in [1.165, 1.54) is 0 Å². The number of piperidine rings is 1. The van der Waals surface area contributed by atoms with Crippen LogP contribution in [0.25, 0.3) is 17.2 Å². The molecule has 1 aliphatic rings. The predicted molar refractivity (Wildman–Crippen MR) is 113 cm³/mol. The van der Waals surface area contributed by atoms with Crippen molar-refractivity contribution in [2.75, 3.05) is 13.1 Å². The first kappa shape index (κ1) is 18.6. The lowest BCUT2D eigenvalue weighted by Crippen LogP contribution is -2.45. The fourth-order valence-electron chi connectivity index (χ4n) is 4.18. The van der Waals surface area contributed by atoms with Crippen molar-refractivity contribution in [2.24, 2.45) is 7.05 Å². The van der Waals surface area contributed by atoms with Crippen molar-refractivity contribution >= 4 is 11.6 Å². The van der Waals surface area contributed by atoms with Gasteiger partial charge in [-0.05, 0) is 42.7 Å². The normalized spacial score (nSPS) is 16.1. The van der Waals surface area contributed by atoms with E-state index in [2.05, 4.69) is 10.2 Å². The molecular formula is C23H23N5O2. The number of aryl methyl sites for hydroxylation is 1. The number of aliphatic hydroxyl groups is 1. The van der Waals surface area contributed by atoms with Crippen molar-refractivity contribution in [3.63, 3.8) is 0 Å². The Balaban J connectivity index is 1.39. The molecule has 0 atom stereocenters. The van der Waals surface area contributed by atoms with Gasteiger partial charge in [-0.3, -0.25) is 9.20 Å². The van der Waals surface area contributed by atoms with Gasteiger partial charge in [0.15, 0.2) is 11.5 Å². The van der Waals surface area contributed by atoms with Gasteiger partial charge >= 0.3 is 0 Å². The number of hydrogen-bond acceptors (Lipinski definition) is 4. The number of rotatable bonds is 3. The third-order valence-corrected chi connectivity index (χ3v) is 6.01. The van der Waals surface area contributed by atoms with Crippen LogP contribution in [0, 0.1) is 0 Å². The second kappa shape index (κ2) is 7.11.